The molecule has 0 aliphatic carbocycles. The first-order valence-electron chi connectivity index (χ1n) is 5.20. The first-order valence-corrected chi connectivity index (χ1v) is 6.08. The van der Waals surface area contributed by atoms with Gasteiger partial charge in [0, 0.05) is 22.7 Å². The van der Waals surface area contributed by atoms with Crippen molar-refractivity contribution < 1.29 is 0 Å². The lowest BCUT2D eigenvalue weighted by molar-refractivity contribution is 1.21. The van der Waals surface area contributed by atoms with E-state index in [1.165, 1.54) is 21.7 Å². The molecule has 0 amide bonds. The van der Waals surface area contributed by atoms with Crippen molar-refractivity contribution in [3.8, 4) is 10.4 Å². The van der Waals surface area contributed by atoms with E-state index in [0.29, 0.717) is 0 Å². The molecule has 0 spiro atoms. The minimum Gasteiger partial charge on any atom is -0.385 e. The molecule has 2 rings (SSSR count). The topological polar surface area (TPSA) is 12.0 Å². The highest BCUT2D eigenvalue weighted by molar-refractivity contribution is 7.13. The van der Waals surface area contributed by atoms with Gasteiger partial charge in [0.25, 0.3) is 0 Å². The van der Waals surface area contributed by atoms with Crippen molar-refractivity contribution in [3.63, 3.8) is 0 Å². The fourth-order valence-corrected chi connectivity index (χ4v) is 2.60. The Kier molecular flexibility index (Phi) is 3.07. The van der Waals surface area contributed by atoms with E-state index in [9.17, 15) is 0 Å². The summed E-state index contributed by atoms with van der Waals surface area (Å²) in [6, 6.07) is 10.7. The van der Waals surface area contributed by atoms with E-state index < -0.39 is 0 Å². The van der Waals surface area contributed by atoms with Gasteiger partial charge in [-0.2, -0.15) is 0 Å². The maximum atomic E-state index is 3.41. The zero-order valence-corrected chi connectivity index (χ0v) is 9.90. The highest BCUT2D eigenvalue weighted by Crippen LogP contribution is 2.34. The third kappa shape index (κ3) is 2.05. The first-order chi connectivity index (χ1) is 7.33. The van der Waals surface area contributed by atoms with Crippen LogP contribution in [0.15, 0.2) is 35.7 Å². The van der Waals surface area contributed by atoms with Crippen LogP contribution in [0.1, 0.15) is 12.5 Å². The lowest BCUT2D eigenvalue weighted by Crippen LogP contribution is -1.99. The van der Waals surface area contributed by atoms with Crippen LogP contribution < -0.4 is 5.32 Å². The number of hydrogen-bond acceptors (Lipinski definition) is 2. The van der Waals surface area contributed by atoms with Gasteiger partial charge in [-0.15, -0.1) is 11.3 Å². The summed E-state index contributed by atoms with van der Waals surface area (Å²) in [5.74, 6) is 0. The quantitative estimate of drug-likeness (QED) is 0.814. The first kappa shape index (κ1) is 10.2. The molecule has 0 radical (unpaired) electrons. The SMILES string of the molecule is CCNc1cccc(C)c1-c1cccs1. The minimum absolute atomic E-state index is 0.960. The molecule has 2 aromatic rings. The molecule has 78 valence electrons. The summed E-state index contributed by atoms with van der Waals surface area (Å²) in [6.45, 7) is 5.25. The van der Waals surface area contributed by atoms with Gasteiger partial charge in [0.05, 0.1) is 0 Å². The Morgan fingerprint density at radius 2 is 2.07 bits per heavy atom. The Bertz CT molecular complexity index is 432. The van der Waals surface area contributed by atoms with E-state index in [0.717, 1.165) is 6.54 Å². The highest BCUT2D eigenvalue weighted by Gasteiger charge is 2.07. The van der Waals surface area contributed by atoms with Crippen molar-refractivity contribution in [2.24, 2.45) is 0 Å². The lowest BCUT2D eigenvalue weighted by atomic mass is 10.1. The molecule has 2 heteroatoms. The predicted octanol–water partition coefficient (Wildman–Crippen LogP) is 4.16. The molecular weight excluding hydrogens is 202 g/mol. The van der Waals surface area contributed by atoms with Crippen molar-refractivity contribution in [1.82, 2.24) is 0 Å². The molecule has 0 bridgehead atoms. The van der Waals surface area contributed by atoms with E-state index in [-0.39, 0.29) is 0 Å². The molecular formula is C13H15NS. The predicted molar refractivity (Wildman–Crippen MR) is 68.7 cm³/mol. The summed E-state index contributed by atoms with van der Waals surface area (Å²) in [4.78, 5) is 1.34. The number of thiophene rings is 1. The number of anilines is 1. The average molecular weight is 217 g/mol. The van der Waals surface area contributed by atoms with Crippen LogP contribution in [0.3, 0.4) is 0 Å². The van der Waals surface area contributed by atoms with Gasteiger partial charge in [-0.05, 0) is 36.9 Å². The summed E-state index contributed by atoms with van der Waals surface area (Å²) in [5, 5.41) is 5.53. The van der Waals surface area contributed by atoms with Crippen molar-refractivity contribution in [1.29, 1.82) is 0 Å². The van der Waals surface area contributed by atoms with Crippen LogP contribution in [0.2, 0.25) is 0 Å². The van der Waals surface area contributed by atoms with E-state index >= 15 is 0 Å². The van der Waals surface area contributed by atoms with Crippen LogP contribution in [0.25, 0.3) is 10.4 Å². The Labute approximate surface area is 94.8 Å². The van der Waals surface area contributed by atoms with Gasteiger partial charge in [-0.25, -0.2) is 0 Å². The Balaban J connectivity index is 2.52. The molecule has 1 N–H and O–H groups in total. The van der Waals surface area contributed by atoms with Gasteiger partial charge in [0.1, 0.15) is 0 Å². The third-order valence-corrected chi connectivity index (χ3v) is 3.29. The molecule has 0 aliphatic rings. The second-order valence-corrected chi connectivity index (χ2v) is 4.45. The van der Waals surface area contributed by atoms with Crippen LogP contribution in [0.5, 0.6) is 0 Å². The van der Waals surface area contributed by atoms with Crippen molar-refractivity contribution in [2.75, 3.05) is 11.9 Å². The van der Waals surface area contributed by atoms with Crippen LogP contribution in [-0.4, -0.2) is 6.54 Å². The minimum atomic E-state index is 0.960. The molecule has 0 saturated heterocycles. The van der Waals surface area contributed by atoms with Crippen LogP contribution in [0.4, 0.5) is 5.69 Å². The smallest absolute Gasteiger partial charge is 0.0430 e. The number of benzene rings is 1. The van der Waals surface area contributed by atoms with Crippen molar-refractivity contribution in [2.45, 2.75) is 13.8 Å². The standard InChI is InChI=1S/C13H15NS/c1-3-14-11-7-4-6-10(2)13(11)12-8-5-9-15-12/h4-9,14H,3H2,1-2H3. The van der Waals surface area contributed by atoms with Gasteiger partial charge in [-0.3, -0.25) is 0 Å². The zero-order chi connectivity index (χ0) is 10.7. The molecule has 0 fully saturated rings. The zero-order valence-electron chi connectivity index (χ0n) is 9.08. The van der Waals surface area contributed by atoms with E-state index in [4.69, 9.17) is 0 Å². The fourth-order valence-electron chi connectivity index (χ4n) is 1.75. The summed E-state index contributed by atoms with van der Waals surface area (Å²) >= 11 is 1.79. The van der Waals surface area contributed by atoms with Crippen molar-refractivity contribution >= 4 is 17.0 Å². The highest BCUT2D eigenvalue weighted by atomic mass is 32.1. The average Bonchev–Trinajstić information content (AvgIpc) is 2.71. The molecule has 0 unspecified atom stereocenters. The van der Waals surface area contributed by atoms with Crippen LogP contribution in [-0.2, 0) is 0 Å². The molecule has 1 heterocycles. The van der Waals surface area contributed by atoms with E-state index in [2.05, 4.69) is 54.9 Å². The largest absolute Gasteiger partial charge is 0.385 e. The molecule has 0 aliphatic heterocycles. The van der Waals surface area contributed by atoms with Crippen LogP contribution >= 0.6 is 11.3 Å². The molecule has 1 nitrogen and oxygen atoms in total. The second kappa shape index (κ2) is 4.49. The monoisotopic (exact) mass is 217 g/mol. The Morgan fingerprint density at radius 1 is 1.20 bits per heavy atom. The molecule has 15 heavy (non-hydrogen) atoms. The van der Waals surface area contributed by atoms with Gasteiger partial charge >= 0.3 is 0 Å². The molecule has 1 aromatic carbocycles. The van der Waals surface area contributed by atoms with Gasteiger partial charge in [0.2, 0.25) is 0 Å². The van der Waals surface area contributed by atoms with Crippen LogP contribution in [0, 0.1) is 6.92 Å². The fraction of sp³-hybridized carbons (Fsp3) is 0.231. The third-order valence-electron chi connectivity index (χ3n) is 2.41. The summed E-state index contributed by atoms with van der Waals surface area (Å²) in [5.41, 5.74) is 3.91. The Hall–Kier alpha value is -1.28. The van der Waals surface area contributed by atoms with Gasteiger partial charge in [-0.1, -0.05) is 18.2 Å². The number of aryl methyl sites for hydroxylation is 1. The Morgan fingerprint density at radius 3 is 2.73 bits per heavy atom. The normalized spacial score (nSPS) is 10.3. The second-order valence-electron chi connectivity index (χ2n) is 3.51. The maximum absolute atomic E-state index is 3.41. The van der Waals surface area contributed by atoms with Gasteiger partial charge < -0.3 is 5.32 Å². The summed E-state index contributed by atoms with van der Waals surface area (Å²) in [7, 11) is 0. The maximum Gasteiger partial charge on any atom is 0.0430 e. The molecule has 0 atom stereocenters. The van der Waals surface area contributed by atoms with E-state index in [1.54, 1.807) is 11.3 Å². The number of hydrogen-bond donors (Lipinski definition) is 1. The summed E-state index contributed by atoms with van der Waals surface area (Å²) in [6.07, 6.45) is 0. The molecule has 1 aromatic heterocycles. The van der Waals surface area contributed by atoms with Gasteiger partial charge in [0.15, 0.2) is 0 Å². The summed E-state index contributed by atoms with van der Waals surface area (Å²) < 4.78 is 0. The molecule has 0 saturated carbocycles. The number of rotatable bonds is 3. The van der Waals surface area contributed by atoms with E-state index in [1.807, 2.05) is 0 Å². The lowest BCUT2D eigenvalue weighted by Gasteiger charge is -2.11. The van der Waals surface area contributed by atoms with Crippen molar-refractivity contribution in [3.05, 3.63) is 41.3 Å². The number of nitrogens with one attached hydrogen (secondary N) is 1.